The smallest absolute Gasteiger partial charge is 0.277 e. The lowest BCUT2D eigenvalue weighted by Crippen LogP contribution is -2.59. The van der Waals surface area contributed by atoms with Gasteiger partial charge in [-0.25, -0.2) is 0 Å². The first-order valence-electron chi connectivity index (χ1n) is 8.79. The lowest BCUT2D eigenvalue weighted by molar-refractivity contribution is -0.281. The van der Waals surface area contributed by atoms with Crippen LogP contribution in [0.1, 0.15) is 12.0 Å². The van der Waals surface area contributed by atoms with Crippen molar-refractivity contribution in [2.24, 2.45) is 0 Å². The number of methoxy groups -OCH3 is 1. The largest absolute Gasteiger partial charge is 0.497 e. The molecule has 0 saturated carbocycles. The Morgan fingerprint density at radius 1 is 1.19 bits per heavy atom. The average molecular weight is 369 g/mol. The Hall–Kier alpha value is -2.64. The number of rotatable bonds is 3. The van der Waals surface area contributed by atoms with E-state index in [2.05, 4.69) is 0 Å². The highest BCUT2D eigenvalue weighted by Crippen LogP contribution is 2.55. The fourth-order valence-corrected chi connectivity index (χ4v) is 4.38. The van der Waals surface area contributed by atoms with E-state index in [1.807, 2.05) is 24.3 Å². The Labute approximate surface area is 158 Å². The van der Waals surface area contributed by atoms with Gasteiger partial charge in [-0.05, 0) is 42.0 Å². The summed E-state index contributed by atoms with van der Waals surface area (Å²) in [6.07, 6.45) is 7.22. The summed E-state index contributed by atoms with van der Waals surface area (Å²) in [5.41, 5.74) is -0.787. The molecule has 0 aromatic heterocycles. The first kappa shape index (κ1) is 17.8. The fourth-order valence-electron chi connectivity index (χ4n) is 4.38. The number of fused-ring (bicyclic) bond motifs is 1. The number of guanidine groups is 1. The molecule has 142 valence electrons. The van der Waals surface area contributed by atoms with E-state index in [0.717, 1.165) is 11.3 Å². The van der Waals surface area contributed by atoms with Gasteiger partial charge in [-0.15, -0.1) is 0 Å². The molecule has 3 aliphatic rings. The van der Waals surface area contributed by atoms with E-state index in [1.54, 1.807) is 38.3 Å². The maximum absolute atomic E-state index is 11.6. The van der Waals surface area contributed by atoms with Gasteiger partial charge in [0.05, 0.1) is 7.11 Å². The second-order valence-electron chi connectivity index (χ2n) is 7.41. The summed E-state index contributed by atoms with van der Waals surface area (Å²) in [7, 11) is 5.06. The minimum atomic E-state index is -1.70. The number of ketones is 1. The summed E-state index contributed by atoms with van der Waals surface area (Å²) in [5.74, 6) is -0.868. The van der Waals surface area contributed by atoms with Crippen LogP contribution in [0.2, 0.25) is 0 Å². The Bertz CT molecular complexity index is 846. The normalized spacial score (nSPS) is 31.1. The molecule has 1 aromatic rings. The standard InChI is InChI=1S/C20H23N3O4/c1-22-17(21)23(2)20(25)19(22,12-14-4-6-16(26-3)7-5-14)13-18(27-20)10-8-15(24)9-11-18/h4-11,21,25H,12-13H2,1-3H3. The zero-order chi connectivity index (χ0) is 19.4. The molecule has 2 unspecified atom stereocenters. The van der Waals surface area contributed by atoms with E-state index in [9.17, 15) is 9.90 Å². The minimum absolute atomic E-state index is 0.105. The van der Waals surface area contributed by atoms with E-state index in [4.69, 9.17) is 14.9 Å². The average Bonchev–Trinajstić information content (AvgIpc) is 2.98. The van der Waals surface area contributed by atoms with Crippen LogP contribution in [0.15, 0.2) is 48.6 Å². The monoisotopic (exact) mass is 369 g/mol. The van der Waals surface area contributed by atoms with Crippen LogP contribution in [0.3, 0.4) is 0 Å². The Kier molecular flexibility index (Phi) is 3.73. The number of benzene rings is 1. The van der Waals surface area contributed by atoms with Crippen molar-refractivity contribution in [2.75, 3.05) is 21.2 Å². The van der Waals surface area contributed by atoms with Crippen molar-refractivity contribution in [3.05, 3.63) is 54.1 Å². The number of likely N-dealkylation sites (N-methyl/N-ethyl adjacent to an activating group) is 2. The van der Waals surface area contributed by atoms with E-state index in [1.165, 1.54) is 17.1 Å². The van der Waals surface area contributed by atoms with Crippen LogP contribution in [0.5, 0.6) is 5.75 Å². The number of carbonyl (C=O) groups excluding carboxylic acids is 1. The SMILES string of the molecule is COc1ccc(CC23CC4(C=CC(=O)C=C4)OC2(O)N(C)C(=N)N3C)cc1. The van der Waals surface area contributed by atoms with Gasteiger partial charge in [-0.2, -0.15) is 0 Å². The van der Waals surface area contributed by atoms with Crippen LogP contribution in [-0.2, 0) is 16.0 Å². The molecule has 0 radical (unpaired) electrons. The quantitative estimate of drug-likeness (QED) is 0.835. The molecule has 2 fully saturated rings. The van der Waals surface area contributed by atoms with Crippen LogP contribution >= 0.6 is 0 Å². The molecule has 27 heavy (non-hydrogen) atoms. The molecule has 2 heterocycles. The van der Waals surface area contributed by atoms with Gasteiger partial charge in [0.1, 0.15) is 16.9 Å². The molecule has 0 amide bonds. The second-order valence-corrected chi connectivity index (χ2v) is 7.41. The van der Waals surface area contributed by atoms with Gasteiger partial charge in [-0.1, -0.05) is 12.1 Å². The summed E-state index contributed by atoms with van der Waals surface area (Å²) in [6.45, 7) is 0. The van der Waals surface area contributed by atoms with Crippen LogP contribution in [0, 0.1) is 5.41 Å². The number of allylic oxidation sites excluding steroid dienone is 2. The summed E-state index contributed by atoms with van der Waals surface area (Å²) in [6, 6.07) is 7.65. The van der Waals surface area contributed by atoms with E-state index < -0.39 is 17.1 Å². The number of hydrogen-bond donors (Lipinski definition) is 2. The van der Waals surface area contributed by atoms with E-state index in [-0.39, 0.29) is 11.7 Å². The van der Waals surface area contributed by atoms with Gasteiger partial charge < -0.3 is 19.5 Å². The van der Waals surface area contributed by atoms with E-state index in [0.29, 0.717) is 12.8 Å². The van der Waals surface area contributed by atoms with Gasteiger partial charge >= 0.3 is 0 Å². The van der Waals surface area contributed by atoms with Gasteiger partial charge in [0.15, 0.2) is 11.7 Å². The third-order valence-electron chi connectivity index (χ3n) is 5.95. The van der Waals surface area contributed by atoms with Crippen molar-refractivity contribution in [1.29, 1.82) is 5.41 Å². The number of ether oxygens (including phenoxy) is 2. The molecule has 0 bridgehead atoms. The maximum Gasteiger partial charge on any atom is 0.277 e. The number of nitrogens with zero attached hydrogens (tertiary/aromatic N) is 2. The van der Waals surface area contributed by atoms with Crippen molar-refractivity contribution >= 4 is 11.7 Å². The van der Waals surface area contributed by atoms with Crippen molar-refractivity contribution in [1.82, 2.24) is 9.80 Å². The zero-order valence-corrected chi connectivity index (χ0v) is 15.6. The molecule has 7 nitrogen and oxygen atoms in total. The molecule has 1 spiro atoms. The maximum atomic E-state index is 11.6. The molecule has 2 atom stereocenters. The number of aliphatic hydroxyl groups is 1. The number of nitrogens with one attached hydrogen (secondary N) is 1. The summed E-state index contributed by atoms with van der Waals surface area (Å²) < 4.78 is 11.4. The van der Waals surface area contributed by atoms with Crippen molar-refractivity contribution < 1.29 is 19.4 Å². The van der Waals surface area contributed by atoms with Gasteiger partial charge in [0.2, 0.25) is 0 Å². The van der Waals surface area contributed by atoms with E-state index >= 15 is 0 Å². The zero-order valence-electron chi connectivity index (χ0n) is 15.6. The third-order valence-corrected chi connectivity index (χ3v) is 5.95. The predicted molar refractivity (Wildman–Crippen MR) is 99.4 cm³/mol. The lowest BCUT2D eigenvalue weighted by Gasteiger charge is -2.38. The highest BCUT2D eigenvalue weighted by atomic mass is 16.7. The first-order chi connectivity index (χ1) is 12.8. The Morgan fingerprint density at radius 2 is 1.81 bits per heavy atom. The van der Waals surface area contributed by atoms with Crippen LogP contribution in [0.25, 0.3) is 0 Å². The summed E-state index contributed by atoms with van der Waals surface area (Å²) in [4.78, 5) is 14.8. The molecule has 7 heteroatoms. The number of hydrogen-bond acceptors (Lipinski definition) is 5. The predicted octanol–water partition coefficient (Wildman–Crippen LogP) is 1.29. The van der Waals surface area contributed by atoms with Gasteiger partial charge in [0.25, 0.3) is 5.91 Å². The highest BCUT2D eigenvalue weighted by molar-refractivity contribution is 6.00. The van der Waals surface area contributed by atoms with Crippen molar-refractivity contribution in [3.63, 3.8) is 0 Å². The molecule has 4 rings (SSSR count). The number of carbonyl (C=O) groups is 1. The van der Waals surface area contributed by atoms with Crippen LogP contribution in [-0.4, -0.2) is 64.9 Å². The topological polar surface area (TPSA) is 86.1 Å². The molecular formula is C20H23N3O4. The second kappa shape index (κ2) is 5.68. The third kappa shape index (κ3) is 2.35. The Balaban J connectivity index is 1.77. The van der Waals surface area contributed by atoms with Crippen LogP contribution in [0.4, 0.5) is 0 Å². The molecular weight excluding hydrogens is 346 g/mol. The van der Waals surface area contributed by atoms with Gasteiger partial charge in [-0.3, -0.25) is 15.1 Å². The Morgan fingerprint density at radius 3 is 2.41 bits per heavy atom. The molecule has 1 aromatic carbocycles. The molecule has 1 aliphatic carbocycles. The lowest BCUT2D eigenvalue weighted by atomic mass is 9.79. The summed E-state index contributed by atoms with van der Waals surface area (Å²) >= 11 is 0. The summed E-state index contributed by atoms with van der Waals surface area (Å²) in [5, 5.41) is 20.0. The molecule has 2 N–H and O–H groups in total. The molecule has 2 aliphatic heterocycles. The van der Waals surface area contributed by atoms with Crippen molar-refractivity contribution in [2.45, 2.75) is 29.9 Å². The van der Waals surface area contributed by atoms with Crippen molar-refractivity contribution in [3.8, 4) is 5.75 Å². The fraction of sp³-hybridized carbons (Fsp3) is 0.400. The minimum Gasteiger partial charge on any atom is -0.497 e. The highest BCUT2D eigenvalue weighted by Gasteiger charge is 2.72. The first-order valence-corrected chi connectivity index (χ1v) is 8.79. The van der Waals surface area contributed by atoms with Crippen LogP contribution < -0.4 is 4.74 Å². The molecule has 2 saturated heterocycles. The van der Waals surface area contributed by atoms with Gasteiger partial charge in [0, 0.05) is 26.9 Å².